The number of carbonyl (C=O) groups is 1. The van der Waals surface area contributed by atoms with Gasteiger partial charge in [-0.2, -0.15) is 0 Å². The molecule has 0 N–H and O–H groups in total. The van der Waals surface area contributed by atoms with Crippen LogP contribution in [-0.2, 0) is 11.3 Å². The van der Waals surface area contributed by atoms with Crippen LogP contribution in [-0.4, -0.2) is 23.9 Å². The van der Waals surface area contributed by atoms with E-state index < -0.39 is 0 Å². The van der Waals surface area contributed by atoms with E-state index in [1.54, 1.807) is 17.1 Å². The molecule has 0 atom stereocenters. The lowest BCUT2D eigenvalue weighted by Crippen LogP contribution is -3.00. The van der Waals surface area contributed by atoms with Gasteiger partial charge in [0.25, 0.3) is 0 Å². The number of halogens is 1. The number of pyridine rings is 1. The van der Waals surface area contributed by atoms with Crippen molar-refractivity contribution < 1.29 is 26.3 Å². The molecule has 0 aliphatic carbocycles. The third-order valence-corrected chi connectivity index (χ3v) is 2.89. The summed E-state index contributed by atoms with van der Waals surface area (Å²) in [7, 11) is 0. The maximum Gasteiger partial charge on any atom is 0.223 e. The fourth-order valence-electron chi connectivity index (χ4n) is 1.90. The summed E-state index contributed by atoms with van der Waals surface area (Å²) in [5.41, 5.74) is 0. The van der Waals surface area contributed by atoms with Crippen molar-refractivity contribution in [2.24, 2.45) is 0 Å². The molecule has 0 radical (unpaired) electrons. The highest BCUT2D eigenvalue weighted by atomic mass is 79.9. The molecule has 20 heavy (non-hydrogen) atoms. The van der Waals surface area contributed by atoms with Crippen LogP contribution in [0.15, 0.2) is 55.9 Å². The molecule has 0 aromatic carbocycles. The number of hydrogen-bond donors (Lipinski definition) is 0. The van der Waals surface area contributed by atoms with Crippen LogP contribution in [0.25, 0.3) is 0 Å². The van der Waals surface area contributed by atoms with Crippen molar-refractivity contribution >= 4 is 5.91 Å². The van der Waals surface area contributed by atoms with Crippen molar-refractivity contribution in [2.75, 3.05) is 13.1 Å². The Morgan fingerprint density at radius 2 is 1.65 bits per heavy atom. The topological polar surface area (TPSA) is 24.2 Å². The molecule has 0 saturated carbocycles. The molecule has 1 aromatic rings. The Hall–Kier alpha value is -1.42. The van der Waals surface area contributed by atoms with Crippen LogP contribution in [0.1, 0.15) is 19.3 Å². The summed E-state index contributed by atoms with van der Waals surface area (Å²) >= 11 is 0. The zero-order chi connectivity index (χ0) is 13.9. The summed E-state index contributed by atoms with van der Waals surface area (Å²) < 4.78 is 2.13. The summed E-state index contributed by atoms with van der Waals surface area (Å²) in [4.78, 5) is 13.7. The quantitative estimate of drug-likeness (QED) is 0.333. The van der Waals surface area contributed by atoms with Crippen LogP contribution >= 0.6 is 0 Å². The highest BCUT2D eigenvalue weighted by Crippen LogP contribution is 2.02. The second-order valence-corrected chi connectivity index (χ2v) is 4.45. The summed E-state index contributed by atoms with van der Waals surface area (Å²) in [5, 5.41) is 0. The van der Waals surface area contributed by atoms with Gasteiger partial charge in [-0.25, -0.2) is 4.57 Å². The highest BCUT2D eigenvalue weighted by molar-refractivity contribution is 5.76. The van der Waals surface area contributed by atoms with E-state index in [1.165, 1.54) is 0 Å². The van der Waals surface area contributed by atoms with Gasteiger partial charge in [-0.15, -0.1) is 13.2 Å². The Balaban J connectivity index is 0.00000361. The number of carbonyl (C=O) groups excluding carboxylic acids is 1. The van der Waals surface area contributed by atoms with Crippen molar-refractivity contribution in [3.63, 3.8) is 0 Å². The van der Waals surface area contributed by atoms with Crippen molar-refractivity contribution in [3.8, 4) is 0 Å². The van der Waals surface area contributed by atoms with E-state index in [0.717, 1.165) is 19.4 Å². The molecule has 0 unspecified atom stereocenters. The van der Waals surface area contributed by atoms with E-state index >= 15 is 0 Å². The zero-order valence-corrected chi connectivity index (χ0v) is 13.5. The Kier molecular flexibility index (Phi) is 10.6. The second-order valence-electron chi connectivity index (χ2n) is 4.45. The minimum Gasteiger partial charge on any atom is -1.00 e. The monoisotopic (exact) mass is 338 g/mol. The summed E-state index contributed by atoms with van der Waals surface area (Å²) in [6, 6.07) is 6.03. The summed E-state index contributed by atoms with van der Waals surface area (Å²) in [6.07, 6.45) is 10.1. The molecule has 1 heterocycles. The summed E-state index contributed by atoms with van der Waals surface area (Å²) in [6.45, 7) is 9.49. The molecule has 0 aliphatic heterocycles. The highest BCUT2D eigenvalue weighted by Gasteiger charge is 2.10. The Bertz CT molecular complexity index is 396. The second kappa shape index (κ2) is 11.4. The number of amides is 1. The first-order valence-corrected chi connectivity index (χ1v) is 6.71. The first kappa shape index (κ1) is 18.6. The van der Waals surface area contributed by atoms with Crippen molar-refractivity contribution in [1.29, 1.82) is 0 Å². The van der Waals surface area contributed by atoms with E-state index in [-0.39, 0.29) is 22.9 Å². The molecular formula is C16H23BrN2O. The van der Waals surface area contributed by atoms with Crippen molar-refractivity contribution in [1.82, 2.24) is 4.90 Å². The van der Waals surface area contributed by atoms with Crippen molar-refractivity contribution in [2.45, 2.75) is 25.8 Å². The lowest BCUT2D eigenvalue weighted by molar-refractivity contribution is -0.697. The van der Waals surface area contributed by atoms with Gasteiger partial charge in [0.05, 0.1) is 0 Å². The fraction of sp³-hybridized carbons (Fsp3) is 0.375. The number of hydrogen-bond acceptors (Lipinski definition) is 1. The minimum atomic E-state index is 0. The van der Waals surface area contributed by atoms with Gasteiger partial charge >= 0.3 is 0 Å². The van der Waals surface area contributed by atoms with Crippen LogP contribution in [0.5, 0.6) is 0 Å². The maximum absolute atomic E-state index is 12.0. The first-order valence-electron chi connectivity index (χ1n) is 6.71. The van der Waals surface area contributed by atoms with Crippen LogP contribution in [0.3, 0.4) is 0 Å². The SMILES string of the molecule is C=CCN(CC=C)C(=O)CCCC[n+]1ccccc1.[Br-]. The van der Waals surface area contributed by atoms with Gasteiger partial charge in [0.1, 0.15) is 6.54 Å². The number of nitrogens with zero attached hydrogens (tertiary/aromatic N) is 2. The molecule has 0 aliphatic rings. The summed E-state index contributed by atoms with van der Waals surface area (Å²) in [5.74, 6) is 0.179. The minimum absolute atomic E-state index is 0. The largest absolute Gasteiger partial charge is 1.00 e. The van der Waals surface area contributed by atoms with Gasteiger partial charge in [0, 0.05) is 38.1 Å². The molecule has 0 fully saturated rings. The predicted molar refractivity (Wildman–Crippen MR) is 77.5 cm³/mol. The van der Waals surface area contributed by atoms with Gasteiger partial charge in [0.15, 0.2) is 12.4 Å². The molecular weight excluding hydrogens is 316 g/mol. The molecule has 4 heteroatoms. The first-order chi connectivity index (χ1) is 9.27. The number of aromatic nitrogens is 1. The number of aryl methyl sites for hydroxylation is 1. The van der Waals surface area contributed by atoms with Gasteiger partial charge in [-0.05, 0) is 6.42 Å². The standard InChI is InChI=1S/C16H23N2O.BrH/c1-3-11-18(12-4-2)16(19)10-6-9-15-17-13-7-5-8-14-17;/h3-5,7-8,13-14H,1-2,6,9-12,15H2;1H/q+1;/p-1. The molecule has 1 amide bonds. The average Bonchev–Trinajstić information content (AvgIpc) is 2.44. The Morgan fingerprint density at radius 3 is 2.20 bits per heavy atom. The van der Waals surface area contributed by atoms with E-state index in [4.69, 9.17) is 0 Å². The number of unbranched alkanes of at least 4 members (excludes halogenated alkanes) is 1. The normalized spacial score (nSPS) is 9.40. The molecule has 1 rings (SSSR count). The smallest absolute Gasteiger partial charge is 0.223 e. The van der Waals surface area contributed by atoms with E-state index in [9.17, 15) is 4.79 Å². The van der Waals surface area contributed by atoms with Crippen LogP contribution in [0.4, 0.5) is 0 Å². The van der Waals surface area contributed by atoms with Crippen LogP contribution in [0, 0.1) is 0 Å². The van der Waals surface area contributed by atoms with Gasteiger partial charge < -0.3 is 21.9 Å². The van der Waals surface area contributed by atoms with E-state index in [2.05, 4.69) is 17.7 Å². The Labute approximate surface area is 132 Å². The Morgan fingerprint density at radius 1 is 1.05 bits per heavy atom. The molecule has 110 valence electrons. The lowest BCUT2D eigenvalue weighted by Gasteiger charge is -2.18. The van der Waals surface area contributed by atoms with Crippen LogP contribution in [0.2, 0.25) is 0 Å². The third-order valence-electron chi connectivity index (χ3n) is 2.89. The zero-order valence-electron chi connectivity index (χ0n) is 11.9. The van der Waals surface area contributed by atoms with Gasteiger partial charge in [0.2, 0.25) is 5.91 Å². The lowest BCUT2D eigenvalue weighted by atomic mass is 10.2. The molecule has 0 bridgehead atoms. The van der Waals surface area contributed by atoms with Gasteiger partial charge in [-0.1, -0.05) is 18.2 Å². The maximum atomic E-state index is 12.0. The predicted octanol–water partition coefficient (Wildman–Crippen LogP) is -0.651. The number of rotatable bonds is 9. The fourth-order valence-corrected chi connectivity index (χ4v) is 1.90. The molecule has 1 aromatic heterocycles. The van der Waals surface area contributed by atoms with Crippen LogP contribution < -0.4 is 21.5 Å². The van der Waals surface area contributed by atoms with Crippen molar-refractivity contribution in [3.05, 3.63) is 55.9 Å². The molecule has 0 spiro atoms. The third kappa shape index (κ3) is 7.24. The molecule has 0 saturated heterocycles. The van der Waals surface area contributed by atoms with E-state index in [1.807, 2.05) is 30.6 Å². The molecule has 3 nitrogen and oxygen atoms in total. The van der Waals surface area contributed by atoms with E-state index in [0.29, 0.717) is 19.5 Å². The van der Waals surface area contributed by atoms with Gasteiger partial charge in [-0.3, -0.25) is 4.79 Å². The average molecular weight is 339 g/mol.